The Morgan fingerprint density at radius 3 is 2.60 bits per heavy atom. The summed E-state index contributed by atoms with van der Waals surface area (Å²) >= 11 is 7.65. The summed E-state index contributed by atoms with van der Waals surface area (Å²) in [5, 5.41) is 4.00. The molecule has 0 aliphatic rings. The second-order valence-corrected chi connectivity index (χ2v) is 6.59. The predicted molar refractivity (Wildman–Crippen MR) is 88.1 cm³/mol. The molecule has 20 heavy (non-hydrogen) atoms. The minimum absolute atomic E-state index is 0.280. The number of carbonyl (C=O) groups is 1. The molecule has 1 aromatic carbocycles. The standard InChI is InChI=1S/C15H23ClN2OS/c1-3-9-18-15(2,14(17)19)8-10-20-11-12-4-6-13(16)7-5-12/h4-7,18H,3,8-11H2,1-2H3,(H2,17,19). The van der Waals surface area contributed by atoms with Gasteiger partial charge in [-0.25, -0.2) is 0 Å². The van der Waals surface area contributed by atoms with Gasteiger partial charge in [0.25, 0.3) is 0 Å². The van der Waals surface area contributed by atoms with Crippen molar-refractivity contribution in [2.24, 2.45) is 5.73 Å². The van der Waals surface area contributed by atoms with Crippen LogP contribution in [0.4, 0.5) is 0 Å². The van der Waals surface area contributed by atoms with Gasteiger partial charge in [-0.3, -0.25) is 4.79 Å². The van der Waals surface area contributed by atoms with E-state index in [1.807, 2.05) is 31.2 Å². The summed E-state index contributed by atoms with van der Waals surface area (Å²) in [5.74, 6) is 1.52. The van der Waals surface area contributed by atoms with Crippen molar-refractivity contribution in [2.45, 2.75) is 38.0 Å². The molecule has 0 aliphatic carbocycles. The van der Waals surface area contributed by atoms with E-state index in [9.17, 15) is 4.79 Å². The van der Waals surface area contributed by atoms with Gasteiger partial charge in [0.15, 0.2) is 0 Å². The minimum Gasteiger partial charge on any atom is -0.368 e. The minimum atomic E-state index is -0.608. The largest absolute Gasteiger partial charge is 0.368 e. The molecule has 112 valence electrons. The molecule has 0 bridgehead atoms. The van der Waals surface area contributed by atoms with E-state index in [0.29, 0.717) is 0 Å². The van der Waals surface area contributed by atoms with E-state index < -0.39 is 5.54 Å². The van der Waals surface area contributed by atoms with Crippen molar-refractivity contribution in [3.8, 4) is 0 Å². The van der Waals surface area contributed by atoms with Crippen LogP contribution in [-0.4, -0.2) is 23.7 Å². The van der Waals surface area contributed by atoms with E-state index in [0.717, 1.165) is 35.9 Å². The van der Waals surface area contributed by atoms with Gasteiger partial charge in [-0.2, -0.15) is 11.8 Å². The number of hydrogen-bond donors (Lipinski definition) is 2. The number of rotatable bonds is 9. The fourth-order valence-corrected chi connectivity index (χ4v) is 3.00. The molecule has 0 saturated heterocycles. The van der Waals surface area contributed by atoms with E-state index in [1.54, 1.807) is 11.8 Å². The summed E-state index contributed by atoms with van der Waals surface area (Å²) in [4.78, 5) is 11.6. The van der Waals surface area contributed by atoms with Crippen LogP contribution in [0.2, 0.25) is 5.02 Å². The van der Waals surface area contributed by atoms with Gasteiger partial charge in [0.2, 0.25) is 5.91 Å². The molecule has 0 saturated carbocycles. The van der Waals surface area contributed by atoms with Crippen molar-refractivity contribution >= 4 is 29.3 Å². The molecule has 1 aromatic rings. The highest BCUT2D eigenvalue weighted by Gasteiger charge is 2.29. The number of primary amides is 1. The maximum absolute atomic E-state index is 11.6. The molecule has 1 atom stereocenters. The van der Waals surface area contributed by atoms with E-state index in [2.05, 4.69) is 12.2 Å². The quantitative estimate of drug-likeness (QED) is 0.688. The van der Waals surface area contributed by atoms with Crippen LogP contribution < -0.4 is 11.1 Å². The summed E-state index contributed by atoms with van der Waals surface area (Å²) < 4.78 is 0. The SMILES string of the molecule is CCCNC(C)(CCSCc1ccc(Cl)cc1)C(N)=O. The van der Waals surface area contributed by atoms with Crippen LogP contribution in [0.1, 0.15) is 32.3 Å². The monoisotopic (exact) mass is 314 g/mol. The number of thioether (sulfide) groups is 1. The second-order valence-electron chi connectivity index (χ2n) is 5.05. The molecule has 3 N–H and O–H groups in total. The molecule has 0 fully saturated rings. The lowest BCUT2D eigenvalue weighted by molar-refractivity contribution is -0.123. The second kappa shape index (κ2) is 8.55. The van der Waals surface area contributed by atoms with Gasteiger partial charge in [0.05, 0.1) is 5.54 Å². The van der Waals surface area contributed by atoms with Crippen LogP contribution in [0.15, 0.2) is 24.3 Å². The van der Waals surface area contributed by atoms with Crippen LogP contribution in [-0.2, 0) is 10.5 Å². The molecule has 3 nitrogen and oxygen atoms in total. The molecule has 5 heteroatoms. The van der Waals surface area contributed by atoms with Crippen molar-refractivity contribution in [2.75, 3.05) is 12.3 Å². The lowest BCUT2D eigenvalue weighted by Crippen LogP contribution is -2.53. The summed E-state index contributed by atoms with van der Waals surface area (Å²) in [7, 11) is 0. The van der Waals surface area contributed by atoms with Crippen LogP contribution in [0.25, 0.3) is 0 Å². The first-order chi connectivity index (χ1) is 9.48. The maximum atomic E-state index is 11.6. The average molecular weight is 315 g/mol. The van der Waals surface area contributed by atoms with Crippen LogP contribution in [0.3, 0.4) is 0 Å². The Bertz CT molecular complexity index is 424. The number of hydrogen-bond acceptors (Lipinski definition) is 3. The number of carbonyl (C=O) groups excluding carboxylic acids is 1. The molecular weight excluding hydrogens is 292 g/mol. The molecule has 0 heterocycles. The number of amides is 1. The van der Waals surface area contributed by atoms with Gasteiger partial charge in [0, 0.05) is 10.8 Å². The Kier molecular flexibility index (Phi) is 7.41. The Morgan fingerprint density at radius 1 is 1.40 bits per heavy atom. The van der Waals surface area contributed by atoms with Crippen molar-refractivity contribution in [3.05, 3.63) is 34.9 Å². The summed E-state index contributed by atoms with van der Waals surface area (Å²) in [6.07, 6.45) is 1.72. The lowest BCUT2D eigenvalue weighted by atomic mass is 9.98. The summed E-state index contributed by atoms with van der Waals surface area (Å²) in [5.41, 5.74) is 6.13. The Balaban J connectivity index is 2.37. The third-order valence-electron chi connectivity index (χ3n) is 3.24. The Labute approximate surface area is 130 Å². The summed E-state index contributed by atoms with van der Waals surface area (Å²) in [6, 6.07) is 7.84. The lowest BCUT2D eigenvalue weighted by Gasteiger charge is -2.27. The topological polar surface area (TPSA) is 55.1 Å². The van der Waals surface area contributed by atoms with Crippen molar-refractivity contribution in [1.29, 1.82) is 0 Å². The van der Waals surface area contributed by atoms with Gasteiger partial charge in [-0.1, -0.05) is 30.7 Å². The highest BCUT2D eigenvalue weighted by molar-refractivity contribution is 7.98. The molecule has 0 aliphatic heterocycles. The molecule has 1 rings (SSSR count). The highest BCUT2D eigenvalue weighted by atomic mass is 35.5. The Hall–Kier alpha value is -0.710. The van der Waals surface area contributed by atoms with E-state index in [4.69, 9.17) is 17.3 Å². The van der Waals surface area contributed by atoms with E-state index in [1.165, 1.54) is 5.56 Å². The summed E-state index contributed by atoms with van der Waals surface area (Å²) in [6.45, 7) is 4.76. The number of nitrogens with one attached hydrogen (secondary N) is 1. The fraction of sp³-hybridized carbons (Fsp3) is 0.533. The normalized spacial score (nSPS) is 13.9. The molecule has 0 spiro atoms. The average Bonchev–Trinajstić information content (AvgIpc) is 2.43. The Morgan fingerprint density at radius 2 is 2.05 bits per heavy atom. The van der Waals surface area contributed by atoms with Gasteiger partial charge in [0.1, 0.15) is 0 Å². The third kappa shape index (κ3) is 5.73. The fourth-order valence-electron chi connectivity index (χ4n) is 1.75. The molecule has 0 radical (unpaired) electrons. The number of halogens is 1. The zero-order chi connectivity index (χ0) is 15.0. The van der Waals surface area contributed by atoms with Crippen molar-refractivity contribution in [3.63, 3.8) is 0 Å². The predicted octanol–water partition coefficient (Wildman–Crippen LogP) is 3.21. The number of nitrogens with two attached hydrogens (primary N) is 1. The number of benzene rings is 1. The highest BCUT2D eigenvalue weighted by Crippen LogP contribution is 2.19. The molecule has 0 aromatic heterocycles. The first kappa shape index (κ1) is 17.3. The van der Waals surface area contributed by atoms with Gasteiger partial charge in [-0.05, 0) is 49.8 Å². The van der Waals surface area contributed by atoms with Gasteiger partial charge in [-0.15, -0.1) is 0 Å². The van der Waals surface area contributed by atoms with Gasteiger partial charge < -0.3 is 11.1 Å². The smallest absolute Gasteiger partial charge is 0.237 e. The third-order valence-corrected chi connectivity index (χ3v) is 4.52. The van der Waals surface area contributed by atoms with Gasteiger partial charge >= 0.3 is 0 Å². The molecule has 1 amide bonds. The van der Waals surface area contributed by atoms with Crippen LogP contribution in [0.5, 0.6) is 0 Å². The first-order valence-electron chi connectivity index (χ1n) is 6.85. The zero-order valence-corrected chi connectivity index (χ0v) is 13.7. The maximum Gasteiger partial charge on any atom is 0.237 e. The molecular formula is C15H23ClN2OS. The van der Waals surface area contributed by atoms with Crippen molar-refractivity contribution < 1.29 is 4.79 Å². The van der Waals surface area contributed by atoms with Crippen LogP contribution >= 0.6 is 23.4 Å². The van der Waals surface area contributed by atoms with E-state index >= 15 is 0 Å². The molecule has 1 unspecified atom stereocenters. The first-order valence-corrected chi connectivity index (χ1v) is 8.38. The van der Waals surface area contributed by atoms with Crippen molar-refractivity contribution in [1.82, 2.24) is 5.32 Å². The van der Waals surface area contributed by atoms with E-state index in [-0.39, 0.29) is 5.91 Å². The zero-order valence-electron chi connectivity index (χ0n) is 12.1. The van der Waals surface area contributed by atoms with Crippen LogP contribution in [0, 0.1) is 0 Å².